The summed E-state index contributed by atoms with van der Waals surface area (Å²) in [6.45, 7) is 12.4. The second-order valence-electron chi connectivity index (χ2n) is 13.6. The molecule has 0 spiro atoms. The van der Waals surface area contributed by atoms with Gasteiger partial charge >= 0.3 is 0 Å². The molecule has 0 saturated carbocycles. The molecule has 0 radical (unpaired) electrons. The molecule has 4 aliphatic heterocycles. The van der Waals surface area contributed by atoms with Crippen LogP contribution in [0.25, 0.3) is 0 Å². The lowest BCUT2D eigenvalue weighted by molar-refractivity contribution is -0.227. The van der Waals surface area contributed by atoms with E-state index in [1.807, 2.05) is 0 Å². The Balaban J connectivity index is 0.000000373. The van der Waals surface area contributed by atoms with Gasteiger partial charge in [0, 0.05) is 0 Å². The Kier molecular flexibility index (Phi) is 24.5. The van der Waals surface area contributed by atoms with E-state index in [1.165, 1.54) is 0 Å². The van der Waals surface area contributed by atoms with Crippen molar-refractivity contribution in [1.29, 1.82) is 0 Å². The van der Waals surface area contributed by atoms with Crippen LogP contribution >= 0.6 is 0 Å². The highest BCUT2D eigenvalue weighted by Crippen LogP contribution is 2.26. The number of aliphatic hydroxyl groups is 16. The maximum Gasteiger partial charge on any atom is 0.111 e. The highest BCUT2D eigenvalue weighted by atomic mass is 16.6. The van der Waals surface area contributed by atoms with Gasteiger partial charge in [-0.05, 0) is 25.7 Å². The van der Waals surface area contributed by atoms with Crippen LogP contribution in [0.15, 0.2) is 50.6 Å². The van der Waals surface area contributed by atoms with E-state index in [1.54, 1.807) is 24.3 Å². The number of rotatable bonds is 12. The molecular formula is C36H64O20. The summed E-state index contributed by atoms with van der Waals surface area (Å²) in [5.74, 6) is 0. The maximum absolute atomic E-state index is 9.49. The van der Waals surface area contributed by atoms with Crippen molar-refractivity contribution in [3.63, 3.8) is 0 Å². The quantitative estimate of drug-likeness (QED) is 0.0814. The van der Waals surface area contributed by atoms with Gasteiger partial charge in [-0.3, -0.25) is 0 Å². The van der Waals surface area contributed by atoms with Crippen molar-refractivity contribution in [2.24, 2.45) is 0 Å². The fourth-order valence-corrected chi connectivity index (χ4v) is 6.15. The molecule has 56 heavy (non-hydrogen) atoms. The summed E-state index contributed by atoms with van der Waals surface area (Å²) >= 11 is 0. The van der Waals surface area contributed by atoms with Crippen molar-refractivity contribution >= 4 is 0 Å². The first-order valence-corrected chi connectivity index (χ1v) is 18.1. The highest BCUT2D eigenvalue weighted by molar-refractivity contribution is 4.97. The largest absolute Gasteiger partial charge is 0.394 e. The van der Waals surface area contributed by atoms with E-state index in [4.69, 9.17) is 39.4 Å². The zero-order valence-electron chi connectivity index (χ0n) is 31.1. The van der Waals surface area contributed by atoms with E-state index >= 15 is 0 Å². The van der Waals surface area contributed by atoms with Crippen molar-refractivity contribution in [2.45, 2.75) is 148 Å². The van der Waals surface area contributed by atoms with Gasteiger partial charge < -0.3 is 101 Å². The zero-order chi connectivity index (χ0) is 42.9. The Morgan fingerprint density at radius 3 is 0.536 bits per heavy atom. The molecular weight excluding hydrogens is 752 g/mol. The molecule has 0 aromatic rings. The molecule has 0 amide bonds. The summed E-state index contributed by atoms with van der Waals surface area (Å²) in [6.07, 6.45) is -13.0. The summed E-state index contributed by atoms with van der Waals surface area (Å²) in [5.41, 5.74) is 0. The molecule has 4 fully saturated rings. The molecule has 0 aromatic carbocycles. The van der Waals surface area contributed by atoms with Gasteiger partial charge in [0.05, 0.1) is 50.8 Å². The van der Waals surface area contributed by atoms with Crippen molar-refractivity contribution in [2.75, 3.05) is 26.4 Å². The van der Waals surface area contributed by atoms with E-state index in [-0.39, 0.29) is 0 Å². The molecule has 0 aliphatic carbocycles. The Labute approximate surface area is 325 Å². The Morgan fingerprint density at radius 1 is 0.268 bits per heavy atom. The first kappa shape index (κ1) is 52.2. The molecule has 20 unspecified atom stereocenters. The maximum atomic E-state index is 9.49. The van der Waals surface area contributed by atoms with E-state index < -0.39 is 149 Å². The summed E-state index contributed by atoms with van der Waals surface area (Å²) < 4.78 is 20.8. The van der Waals surface area contributed by atoms with Crippen LogP contribution in [0.3, 0.4) is 0 Å². The summed E-state index contributed by atoms with van der Waals surface area (Å²) in [4.78, 5) is 0. The summed E-state index contributed by atoms with van der Waals surface area (Å²) in [5, 5.41) is 149. The van der Waals surface area contributed by atoms with Crippen LogP contribution in [-0.4, -0.2) is 230 Å². The minimum atomic E-state index is -1.29. The van der Waals surface area contributed by atoms with E-state index in [9.17, 15) is 61.3 Å². The standard InChI is InChI=1S/4C9H16O5/c4*1-2-3-5-7(11)9(13)8(12)6(4-10)14-5/h4*2,5-13H,1,3-4H2. The van der Waals surface area contributed by atoms with Gasteiger partial charge in [-0.2, -0.15) is 0 Å². The van der Waals surface area contributed by atoms with E-state index in [0.29, 0.717) is 25.7 Å². The van der Waals surface area contributed by atoms with Crippen molar-refractivity contribution in [3.05, 3.63) is 50.6 Å². The Morgan fingerprint density at radius 2 is 0.411 bits per heavy atom. The second-order valence-corrected chi connectivity index (χ2v) is 13.6. The molecule has 328 valence electrons. The Bertz CT molecular complexity index is 943. The van der Waals surface area contributed by atoms with E-state index in [0.717, 1.165) is 0 Å². The molecule has 0 bridgehead atoms. The Hall–Kier alpha value is -1.84. The molecule has 4 aliphatic rings. The number of aliphatic hydroxyl groups excluding tert-OH is 16. The van der Waals surface area contributed by atoms with Crippen LogP contribution in [0.2, 0.25) is 0 Å². The minimum absolute atomic E-state index is 0.363. The fourth-order valence-electron chi connectivity index (χ4n) is 6.15. The monoisotopic (exact) mass is 816 g/mol. The third-order valence-electron chi connectivity index (χ3n) is 9.56. The number of ether oxygens (including phenoxy) is 4. The van der Waals surface area contributed by atoms with Gasteiger partial charge in [0.25, 0.3) is 0 Å². The SMILES string of the molecule is C=CCC1OC(CO)C(O)C(O)C1O.C=CCC1OC(CO)C(O)C(O)C1O.C=CCC1OC(CO)C(O)C(O)C1O.C=CCC1OC(CO)C(O)C(O)C1O. The first-order valence-electron chi connectivity index (χ1n) is 18.1. The molecule has 20 atom stereocenters. The lowest BCUT2D eigenvalue weighted by atomic mass is 9.94. The van der Waals surface area contributed by atoms with Gasteiger partial charge in [-0.15, -0.1) is 26.3 Å². The minimum Gasteiger partial charge on any atom is -0.394 e. The fraction of sp³-hybridized carbons (Fsp3) is 0.778. The lowest BCUT2D eigenvalue weighted by Gasteiger charge is -2.39. The zero-order valence-corrected chi connectivity index (χ0v) is 31.1. The number of hydrogen-bond donors (Lipinski definition) is 16. The molecule has 4 heterocycles. The topological polar surface area (TPSA) is 361 Å². The molecule has 16 N–H and O–H groups in total. The molecule has 20 nitrogen and oxygen atoms in total. The van der Waals surface area contributed by atoms with Gasteiger partial charge in [-0.1, -0.05) is 24.3 Å². The van der Waals surface area contributed by atoms with E-state index in [2.05, 4.69) is 26.3 Å². The average Bonchev–Trinajstić information content (AvgIpc) is 3.19. The lowest BCUT2D eigenvalue weighted by Crippen LogP contribution is -2.58. The molecule has 20 heteroatoms. The predicted octanol–water partition coefficient (Wildman–Crippen LogP) is -6.38. The summed E-state index contributed by atoms with van der Waals surface area (Å²) in [6, 6.07) is 0. The van der Waals surface area contributed by atoms with Crippen LogP contribution in [0.5, 0.6) is 0 Å². The van der Waals surface area contributed by atoms with Crippen LogP contribution < -0.4 is 0 Å². The van der Waals surface area contributed by atoms with Gasteiger partial charge in [0.1, 0.15) is 97.7 Å². The van der Waals surface area contributed by atoms with Gasteiger partial charge in [0.2, 0.25) is 0 Å². The molecule has 0 aromatic heterocycles. The molecule has 4 saturated heterocycles. The normalized spacial score (nSPS) is 43.6. The van der Waals surface area contributed by atoms with Crippen molar-refractivity contribution in [1.82, 2.24) is 0 Å². The predicted molar refractivity (Wildman–Crippen MR) is 194 cm³/mol. The van der Waals surface area contributed by atoms with Crippen molar-refractivity contribution in [3.8, 4) is 0 Å². The molecule has 4 rings (SSSR count). The summed E-state index contributed by atoms with van der Waals surface area (Å²) in [7, 11) is 0. The van der Waals surface area contributed by atoms with Crippen molar-refractivity contribution < 1.29 is 101 Å². The third kappa shape index (κ3) is 14.2. The van der Waals surface area contributed by atoms with Gasteiger partial charge in [0.15, 0.2) is 0 Å². The van der Waals surface area contributed by atoms with Crippen LogP contribution in [0, 0.1) is 0 Å². The van der Waals surface area contributed by atoms with Crippen LogP contribution in [-0.2, 0) is 18.9 Å². The van der Waals surface area contributed by atoms with Gasteiger partial charge in [-0.25, -0.2) is 0 Å². The third-order valence-corrected chi connectivity index (χ3v) is 9.56. The number of hydrogen-bond acceptors (Lipinski definition) is 20. The second kappa shape index (κ2) is 26.3. The van der Waals surface area contributed by atoms with Crippen LogP contribution in [0.4, 0.5) is 0 Å². The highest BCUT2D eigenvalue weighted by Gasteiger charge is 2.45. The average molecular weight is 817 g/mol. The smallest absolute Gasteiger partial charge is 0.111 e. The first-order chi connectivity index (χ1) is 26.5. The van der Waals surface area contributed by atoms with Crippen LogP contribution in [0.1, 0.15) is 25.7 Å².